The Bertz CT molecular complexity index is 911. The molecule has 0 saturated carbocycles. The van der Waals surface area contributed by atoms with E-state index in [1.165, 1.54) is 0 Å². The van der Waals surface area contributed by atoms with Gasteiger partial charge in [0.25, 0.3) is 0 Å². The number of pyridine rings is 1. The van der Waals surface area contributed by atoms with Crippen molar-refractivity contribution >= 4 is 67.9 Å². The van der Waals surface area contributed by atoms with Gasteiger partial charge in [-0.25, -0.2) is 9.78 Å². The van der Waals surface area contributed by atoms with Crippen LogP contribution in [-0.4, -0.2) is 11.0 Å². The van der Waals surface area contributed by atoms with Gasteiger partial charge in [0.15, 0.2) is 10.8 Å². The summed E-state index contributed by atoms with van der Waals surface area (Å²) in [6.45, 7) is 0.0982. The Morgan fingerprint density at radius 3 is 2.74 bits per heavy atom. The first-order chi connectivity index (χ1) is 11.0. The van der Waals surface area contributed by atoms with Crippen molar-refractivity contribution in [2.24, 2.45) is 0 Å². The Labute approximate surface area is 150 Å². The number of carbonyl (C=O) groups is 1. The largest absolute Gasteiger partial charge is 0.456 e. The van der Waals surface area contributed by atoms with Crippen molar-refractivity contribution < 1.29 is 9.53 Å². The van der Waals surface area contributed by atoms with Gasteiger partial charge in [0.05, 0.1) is 10.7 Å². The normalized spacial score (nSPS) is 10.9. The average molecular weight is 388 g/mol. The summed E-state index contributed by atoms with van der Waals surface area (Å²) in [6, 6.07) is 7.86. The number of nitrogens with two attached hydrogens (primary N) is 1. The Morgan fingerprint density at radius 1 is 1.22 bits per heavy atom. The first-order valence-electron chi connectivity index (χ1n) is 6.41. The fourth-order valence-electron chi connectivity index (χ4n) is 2.02. The second-order valence-electron chi connectivity index (χ2n) is 4.63. The van der Waals surface area contributed by atoms with Crippen LogP contribution < -0.4 is 5.73 Å². The van der Waals surface area contributed by atoms with Gasteiger partial charge in [-0.05, 0) is 16.8 Å². The topological polar surface area (TPSA) is 65.2 Å². The zero-order valence-electron chi connectivity index (χ0n) is 11.5. The maximum Gasteiger partial charge on any atom is 0.358 e. The number of aromatic nitrogens is 1. The zero-order valence-corrected chi connectivity index (χ0v) is 14.6. The fourth-order valence-corrected chi connectivity index (χ4v) is 3.56. The summed E-state index contributed by atoms with van der Waals surface area (Å²) < 4.78 is 6.39. The van der Waals surface area contributed by atoms with Crippen LogP contribution in [-0.2, 0) is 11.3 Å². The van der Waals surface area contributed by atoms with Crippen molar-refractivity contribution in [3.63, 3.8) is 0 Å². The lowest BCUT2D eigenvalue weighted by Crippen LogP contribution is -2.10. The minimum atomic E-state index is -0.712. The van der Waals surface area contributed by atoms with Crippen LogP contribution in [0.2, 0.25) is 15.2 Å². The molecule has 3 aromatic rings. The van der Waals surface area contributed by atoms with E-state index in [0.29, 0.717) is 0 Å². The van der Waals surface area contributed by atoms with Crippen molar-refractivity contribution in [2.75, 3.05) is 5.73 Å². The maximum atomic E-state index is 12.2. The predicted octanol–water partition coefficient (Wildman–Crippen LogP) is 5.20. The highest BCUT2D eigenvalue weighted by molar-refractivity contribution is 7.17. The summed E-state index contributed by atoms with van der Waals surface area (Å²) in [5, 5.41) is 2.83. The summed E-state index contributed by atoms with van der Waals surface area (Å²) in [7, 11) is 0. The van der Waals surface area contributed by atoms with Crippen molar-refractivity contribution in [2.45, 2.75) is 6.61 Å². The second kappa shape index (κ2) is 6.53. The number of carbonyl (C=O) groups excluding carboxylic acids is 1. The molecule has 2 heterocycles. The third-order valence-corrected chi connectivity index (χ3v) is 5.33. The number of esters is 1. The number of ether oxygens (including phenoxy) is 1. The van der Waals surface area contributed by atoms with Gasteiger partial charge in [0.1, 0.15) is 11.6 Å². The molecule has 0 amide bonds. The summed E-state index contributed by atoms with van der Waals surface area (Å²) in [5.41, 5.74) is 6.44. The third-order valence-electron chi connectivity index (χ3n) is 3.19. The number of anilines is 1. The molecule has 3 rings (SSSR count). The number of fused-ring (bicyclic) bond motifs is 1. The number of hydrogen-bond acceptors (Lipinski definition) is 5. The highest BCUT2D eigenvalue weighted by atomic mass is 35.5. The molecule has 0 spiro atoms. The van der Waals surface area contributed by atoms with Crippen molar-refractivity contribution in [3.05, 3.63) is 56.1 Å². The minimum Gasteiger partial charge on any atom is -0.456 e. The molecule has 118 valence electrons. The Morgan fingerprint density at radius 2 is 1.96 bits per heavy atom. The van der Waals surface area contributed by atoms with Crippen LogP contribution in [0.15, 0.2) is 29.6 Å². The monoisotopic (exact) mass is 386 g/mol. The number of nitrogens with zero attached hydrogens (tertiary/aromatic N) is 1. The molecule has 0 saturated heterocycles. The van der Waals surface area contributed by atoms with E-state index < -0.39 is 5.97 Å². The van der Waals surface area contributed by atoms with Crippen LogP contribution in [0.3, 0.4) is 0 Å². The van der Waals surface area contributed by atoms with Gasteiger partial charge in [-0.3, -0.25) is 0 Å². The molecule has 0 bridgehead atoms. The lowest BCUT2D eigenvalue weighted by molar-refractivity contribution is 0.0468. The van der Waals surface area contributed by atoms with Gasteiger partial charge >= 0.3 is 5.97 Å². The van der Waals surface area contributed by atoms with Crippen molar-refractivity contribution in [1.82, 2.24) is 4.98 Å². The highest BCUT2D eigenvalue weighted by Gasteiger charge is 2.21. The molecule has 0 aliphatic rings. The summed E-state index contributed by atoms with van der Waals surface area (Å²) >= 11 is 19.2. The number of benzene rings is 1. The van der Waals surface area contributed by atoms with E-state index in [1.54, 1.807) is 11.3 Å². The van der Waals surface area contributed by atoms with E-state index >= 15 is 0 Å². The van der Waals surface area contributed by atoms with Gasteiger partial charge in [-0.15, -0.1) is 11.3 Å². The number of hydrogen-bond donors (Lipinski definition) is 1. The lowest BCUT2D eigenvalue weighted by atomic mass is 10.2. The molecular formula is C15H9Cl3N2O2S. The Balaban J connectivity index is 1.83. The second-order valence-corrected chi connectivity index (χ2v) is 6.65. The minimum absolute atomic E-state index is 0.00117. The molecule has 0 atom stereocenters. The van der Waals surface area contributed by atoms with Crippen LogP contribution in [0.5, 0.6) is 0 Å². The first kappa shape index (κ1) is 16.3. The number of nitrogen functional groups attached to an aromatic ring is 1. The van der Waals surface area contributed by atoms with Gasteiger partial charge in [-0.1, -0.05) is 53.0 Å². The van der Waals surface area contributed by atoms with Gasteiger partial charge < -0.3 is 10.5 Å². The van der Waals surface area contributed by atoms with E-state index in [9.17, 15) is 4.79 Å². The molecule has 2 N–H and O–H groups in total. The molecule has 0 fully saturated rings. The Kier molecular flexibility index (Phi) is 4.64. The molecular weight excluding hydrogens is 379 g/mol. The SMILES string of the molecule is Nc1c(Cl)c(Cl)nc(C(=O)OCc2csc3ccccc23)c1Cl. The molecule has 0 aliphatic heterocycles. The van der Waals surface area contributed by atoms with Crippen LogP contribution >= 0.6 is 46.1 Å². The van der Waals surface area contributed by atoms with Gasteiger partial charge in [0.2, 0.25) is 0 Å². The predicted molar refractivity (Wildman–Crippen MR) is 94.6 cm³/mol. The summed E-state index contributed by atoms with van der Waals surface area (Å²) in [5.74, 6) is -0.712. The van der Waals surface area contributed by atoms with Crippen molar-refractivity contribution in [1.29, 1.82) is 0 Å². The van der Waals surface area contributed by atoms with Crippen LogP contribution in [0.25, 0.3) is 10.1 Å². The maximum absolute atomic E-state index is 12.2. The van der Waals surface area contributed by atoms with Gasteiger partial charge in [0, 0.05) is 10.3 Å². The van der Waals surface area contributed by atoms with E-state index in [0.717, 1.165) is 15.6 Å². The third kappa shape index (κ3) is 3.10. The Hall–Kier alpha value is -1.53. The molecule has 23 heavy (non-hydrogen) atoms. The molecule has 0 radical (unpaired) electrons. The van der Waals surface area contributed by atoms with E-state index in [-0.39, 0.29) is 33.2 Å². The van der Waals surface area contributed by atoms with Gasteiger partial charge in [-0.2, -0.15) is 0 Å². The smallest absolute Gasteiger partial charge is 0.358 e. The van der Waals surface area contributed by atoms with E-state index in [4.69, 9.17) is 45.3 Å². The molecule has 0 unspecified atom stereocenters. The van der Waals surface area contributed by atoms with E-state index in [1.807, 2.05) is 29.6 Å². The fraction of sp³-hybridized carbons (Fsp3) is 0.0667. The number of thiophene rings is 1. The average Bonchev–Trinajstić information content (AvgIpc) is 2.97. The number of halogens is 3. The molecule has 1 aromatic carbocycles. The van der Waals surface area contributed by atoms with Crippen LogP contribution in [0.1, 0.15) is 16.1 Å². The quantitative estimate of drug-likeness (QED) is 0.496. The number of rotatable bonds is 3. The van der Waals surface area contributed by atoms with E-state index in [2.05, 4.69) is 4.98 Å². The lowest BCUT2D eigenvalue weighted by Gasteiger charge is -2.09. The molecule has 0 aliphatic carbocycles. The summed E-state index contributed by atoms with van der Waals surface area (Å²) in [6.07, 6.45) is 0. The van der Waals surface area contributed by atoms with Crippen LogP contribution in [0.4, 0.5) is 5.69 Å². The molecule has 8 heteroatoms. The summed E-state index contributed by atoms with van der Waals surface area (Å²) in [4.78, 5) is 16.0. The highest BCUT2D eigenvalue weighted by Crippen LogP contribution is 2.34. The zero-order chi connectivity index (χ0) is 16.6. The molecule has 2 aromatic heterocycles. The first-order valence-corrected chi connectivity index (χ1v) is 8.42. The molecule has 4 nitrogen and oxygen atoms in total. The van der Waals surface area contributed by atoms with Crippen LogP contribution in [0, 0.1) is 0 Å². The van der Waals surface area contributed by atoms with Crippen molar-refractivity contribution in [3.8, 4) is 0 Å². The standard InChI is InChI=1S/C15H9Cl3N2O2S/c16-10-12(19)11(17)14(18)20-13(10)15(21)22-5-7-6-23-9-4-2-1-3-8(7)9/h1-4,6H,5H2,(H2,19,20).